The first-order chi connectivity index (χ1) is 18.6. The van der Waals surface area contributed by atoms with Gasteiger partial charge >= 0.3 is 0 Å². The summed E-state index contributed by atoms with van der Waals surface area (Å²) in [5.41, 5.74) is 3.62. The lowest BCUT2D eigenvalue weighted by molar-refractivity contribution is -0.0324. The first-order valence-corrected chi connectivity index (χ1v) is 15.3. The lowest BCUT2D eigenvalue weighted by atomic mass is 9.96. The Morgan fingerprint density at radius 2 is 1.82 bits per heavy atom. The quantitative estimate of drug-likeness (QED) is 0.246. The summed E-state index contributed by atoms with van der Waals surface area (Å²) >= 11 is 1.47. The van der Waals surface area contributed by atoms with Crippen molar-refractivity contribution >= 4 is 21.6 Å². The van der Waals surface area contributed by atoms with Crippen LogP contribution in [0.3, 0.4) is 0 Å². The van der Waals surface area contributed by atoms with E-state index >= 15 is 0 Å². The number of thioether (sulfide) groups is 1. The van der Waals surface area contributed by atoms with Gasteiger partial charge in [0.05, 0.1) is 16.8 Å². The molecule has 0 spiro atoms. The minimum Gasteiger partial charge on any atom is -0.486 e. The second-order valence-corrected chi connectivity index (χ2v) is 13.0. The molecule has 0 bridgehead atoms. The molecule has 5 rings (SSSR count). The average Bonchev–Trinajstić information content (AvgIpc) is 3.31. The highest BCUT2D eigenvalue weighted by Crippen LogP contribution is 2.40. The van der Waals surface area contributed by atoms with Crippen LogP contribution < -0.4 is 4.74 Å². The van der Waals surface area contributed by atoms with Crippen molar-refractivity contribution in [1.82, 2.24) is 19.7 Å². The van der Waals surface area contributed by atoms with E-state index in [1.54, 1.807) is 36.7 Å². The van der Waals surface area contributed by atoms with Crippen LogP contribution in [0, 0.1) is 6.92 Å². The monoisotopic (exact) mass is 570 g/mol. The third-order valence-electron chi connectivity index (χ3n) is 6.70. The minimum atomic E-state index is -3.26. The summed E-state index contributed by atoms with van der Waals surface area (Å²) in [6.07, 6.45) is 5.20. The molecule has 1 aliphatic rings. The van der Waals surface area contributed by atoms with E-state index in [0.29, 0.717) is 29.6 Å². The minimum absolute atomic E-state index is 0.0414. The van der Waals surface area contributed by atoms with Gasteiger partial charge < -0.3 is 4.74 Å². The van der Waals surface area contributed by atoms with Gasteiger partial charge in [0.25, 0.3) is 0 Å². The van der Waals surface area contributed by atoms with Crippen LogP contribution in [0.25, 0.3) is 16.8 Å². The lowest BCUT2D eigenvalue weighted by Gasteiger charge is -2.27. The molecule has 2 heterocycles. The SMILES string of the molecule is Cc1cc(OCc2nnc(SC3CCC(F)(F)CC3)n2-c2cccnc2)ccc1-c1ccc(S(C)(=O)=O)cc1. The van der Waals surface area contributed by atoms with Gasteiger partial charge in [-0.25, -0.2) is 17.2 Å². The fraction of sp³-hybridized carbons (Fsp3) is 0.321. The van der Waals surface area contributed by atoms with Crippen LogP contribution in [0.5, 0.6) is 5.75 Å². The summed E-state index contributed by atoms with van der Waals surface area (Å²) in [7, 11) is -3.26. The first kappa shape index (κ1) is 27.3. The van der Waals surface area contributed by atoms with Gasteiger partial charge in [0, 0.05) is 30.5 Å². The van der Waals surface area contributed by atoms with Crippen molar-refractivity contribution in [3.63, 3.8) is 0 Å². The van der Waals surface area contributed by atoms with Crippen LogP contribution in [0.15, 0.2) is 77.0 Å². The number of hydrogen-bond donors (Lipinski definition) is 0. The second kappa shape index (κ2) is 11.1. The Bertz CT molecular complexity index is 1550. The molecule has 0 radical (unpaired) electrons. The smallest absolute Gasteiger partial charge is 0.248 e. The standard InChI is InChI=1S/C28H28F2N4O3S2/c1-19-16-22(7-10-25(19)20-5-8-24(9-6-20)39(2,35)36)37-18-26-32-33-27(34(26)21-4-3-15-31-17-21)38-23-11-13-28(29,30)14-12-23/h3-10,15-17,23H,11-14,18H2,1-2H3. The number of hydrogen-bond acceptors (Lipinski definition) is 7. The number of ether oxygens (including phenoxy) is 1. The molecule has 1 saturated carbocycles. The van der Waals surface area contributed by atoms with Gasteiger partial charge in [-0.3, -0.25) is 9.55 Å². The fourth-order valence-electron chi connectivity index (χ4n) is 4.58. The van der Waals surface area contributed by atoms with Crippen LogP contribution in [-0.2, 0) is 16.4 Å². The normalized spacial score (nSPS) is 15.8. The van der Waals surface area contributed by atoms with Crippen LogP contribution in [0.2, 0.25) is 0 Å². The maximum absolute atomic E-state index is 13.6. The van der Waals surface area contributed by atoms with Gasteiger partial charge in [0.2, 0.25) is 5.92 Å². The highest BCUT2D eigenvalue weighted by molar-refractivity contribution is 7.99. The van der Waals surface area contributed by atoms with Crippen LogP contribution in [0.1, 0.15) is 37.1 Å². The van der Waals surface area contributed by atoms with Crippen molar-refractivity contribution in [2.45, 2.75) is 60.4 Å². The maximum atomic E-state index is 13.6. The van der Waals surface area contributed by atoms with Gasteiger partial charge in [-0.1, -0.05) is 30.0 Å². The van der Waals surface area contributed by atoms with Crippen molar-refractivity contribution < 1.29 is 21.9 Å². The first-order valence-electron chi connectivity index (χ1n) is 12.5. The number of alkyl halides is 2. The molecule has 4 aromatic rings. The van der Waals surface area contributed by atoms with E-state index in [2.05, 4.69) is 15.2 Å². The zero-order valence-electron chi connectivity index (χ0n) is 21.5. The number of pyridine rings is 1. The highest BCUT2D eigenvalue weighted by Gasteiger charge is 2.36. The summed E-state index contributed by atoms with van der Waals surface area (Å²) in [5, 5.41) is 9.40. The molecule has 2 aromatic heterocycles. The van der Waals surface area contributed by atoms with Crippen molar-refractivity contribution in [1.29, 1.82) is 0 Å². The molecule has 0 N–H and O–H groups in total. The Balaban J connectivity index is 1.33. The van der Waals surface area contributed by atoms with Crippen molar-refractivity contribution in [2.75, 3.05) is 6.26 Å². The zero-order valence-corrected chi connectivity index (χ0v) is 23.2. The number of aromatic nitrogens is 4. The maximum Gasteiger partial charge on any atom is 0.248 e. The molecule has 204 valence electrons. The summed E-state index contributed by atoms with van der Waals surface area (Å²) in [6.45, 7) is 2.11. The molecule has 0 saturated heterocycles. The number of sulfone groups is 1. The predicted molar refractivity (Wildman–Crippen MR) is 146 cm³/mol. The Hall–Kier alpha value is -3.31. The molecule has 0 unspecified atom stereocenters. The van der Waals surface area contributed by atoms with Gasteiger partial charge in [-0.15, -0.1) is 10.2 Å². The fourth-order valence-corrected chi connectivity index (χ4v) is 6.38. The topological polar surface area (TPSA) is 87.0 Å². The van der Waals surface area contributed by atoms with E-state index in [1.807, 2.05) is 41.8 Å². The molecule has 0 atom stereocenters. The van der Waals surface area contributed by atoms with E-state index in [0.717, 1.165) is 22.4 Å². The average molecular weight is 571 g/mol. The Morgan fingerprint density at radius 1 is 1.08 bits per heavy atom. The molecule has 7 nitrogen and oxygen atoms in total. The molecular formula is C28H28F2N4O3S2. The molecule has 2 aromatic carbocycles. The molecule has 1 fully saturated rings. The van der Waals surface area contributed by atoms with Gasteiger partial charge in [-0.2, -0.15) is 0 Å². The van der Waals surface area contributed by atoms with Crippen LogP contribution in [-0.4, -0.2) is 45.6 Å². The van der Waals surface area contributed by atoms with Crippen molar-refractivity contribution in [3.8, 4) is 22.6 Å². The third-order valence-corrected chi connectivity index (χ3v) is 9.11. The summed E-state index contributed by atoms with van der Waals surface area (Å²) in [6, 6.07) is 16.2. The lowest BCUT2D eigenvalue weighted by Crippen LogP contribution is -2.26. The second-order valence-electron chi connectivity index (χ2n) is 9.68. The van der Waals surface area contributed by atoms with Crippen molar-refractivity contribution in [3.05, 3.63) is 78.4 Å². The Labute approximate surface area is 230 Å². The molecule has 0 amide bonds. The van der Waals surface area contributed by atoms with E-state index in [4.69, 9.17) is 4.74 Å². The Morgan fingerprint density at radius 3 is 2.46 bits per heavy atom. The van der Waals surface area contributed by atoms with Crippen LogP contribution >= 0.6 is 11.8 Å². The van der Waals surface area contributed by atoms with Crippen LogP contribution in [0.4, 0.5) is 8.78 Å². The largest absolute Gasteiger partial charge is 0.486 e. The number of nitrogens with zero attached hydrogens (tertiary/aromatic N) is 4. The predicted octanol–water partition coefficient (Wildman–Crippen LogP) is 6.29. The van der Waals surface area contributed by atoms with Gasteiger partial charge in [-0.05, 0) is 72.9 Å². The number of benzene rings is 2. The molecular weight excluding hydrogens is 542 g/mol. The summed E-state index contributed by atoms with van der Waals surface area (Å²) in [5.74, 6) is -1.36. The molecule has 11 heteroatoms. The zero-order chi connectivity index (χ0) is 27.6. The number of rotatable bonds is 8. The summed E-state index contributed by atoms with van der Waals surface area (Å²) in [4.78, 5) is 4.50. The van der Waals surface area contributed by atoms with E-state index in [9.17, 15) is 17.2 Å². The number of aryl methyl sites for hydroxylation is 1. The Kier molecular flexibility index (Phi) is 7.73. The molecule has 1 aliphatic carbocycles. The molecule has 0 aliphatic heterocycles. The van der Waals surface area contributed by atoms with Gasteiger partial charge in [0.1, 0.15) is 12.4 Å². The van der Waals surface area contributed by atoms with Gasteiger partial charge in [0.15, 0.2) is 20.8 Å². The van der Waals surface area contributed by atoms with Crippen molar-refractivity contribution in [2.24, 2.45) is 0 Å². The van der Waals surface area contributed by atoms with E-state index < -0.39 is 15.8 Å². The van der Waals surface area contributed by atoms with E-state index in [1.165, 1.54) is 18.0 Å². The highest BCUT2D eigenvalue weighted by atomic mass is 32.2. The number of halogens is 2. The summed E-state index contributed by atoms with van der Waals surface area (Å²) < 4.78 is 58.8. The third kappa shape index (κ3) is 6.47. The molecule has 39 heavy (non-hydrogen) atoms. The van der Waals surface area contributed by atoms with E-state index in [-0.39, 0.29) is 29.6 Å².